The van der Waals surface area contributed by atoms with Gasteiger partial charge in [0.05, 0.1) is 33.5 Å². The molecule has 3 aromatic carbocycles. The van der Waals surface area contributed by atoms with Crippen molar-refractivity contribution >= 4 is 44.9 Å². The molecule has 37 heavy (non-hydrogen) atoms. The van der Waals surface area contributed by atoms with Crippen LogP contribution in [0.25, 0.3) is 21.9 Å². The first kappa shape index (κ1) is 23.6. The molecule has 0 saturated carbocycles. The lowest BCUT2D eigenvalue weighted by atomic mass is 10.00. The fourth-order valence-corrected chi connectivity index (χ4v) is 5.01. The van der Waals surface area contributed by atoms with E-state index in [1.807, 2.05) is 42.5 Å². The highest BCUT2D eigenvalue weighted by Crippen LogP contribution is 2.33. The molecule has 2 aromatic heterocycles. The molecule has 0 bridgehead atoms. The van der Waals surface area contributed by atoms with Gasteiger partial charge in [0.1, 0.15) is 0 Å². The molecule has 186 valence electrons. The van der Waals surface area contributed by atoms with Gasteiger partial charge in [-0.3, -0.25) is 14.9 Å². The van der Waals surface area contributed by atoms with Crippen LogP contribution >= 0.6 is 11.6 Å². The maximum atomic E-state index is 11.0. The monoisotopic (exact) mass is 510 g/mol. The van der Waals surface area contributed by atoms with Crippen LogP contribution in [0.1, 0.15) is 16.7 Å². The maximum Gasteiger partial charge on any atom is 0.199 e. The Balaban J connectivity index is 1.41. The summed E-state index contributed by atoms with van der Waals surface area (Å²) in [6, 6.07) is 19.7. The van der Waals surface area contributed by atoms with E-state index >= 15 is 0 Å². The van der Waals surface area contributed by atoms with E-state index in [4.69, 9.17) is 16.6 Å². The van der Waals surface area contributed by atoms with Gasteiger partial charge in [0, 0.05) is 61.1 Å². The average molecular weight is 511 g/mol. The lowest BCUT2D eigenvalue weighted by molar-refractivity contribution is 0.148. The molecule has 0 radical (unpaired) electrons. The number of H-pyrrole nitrogens is 1. The summed E-state index contributed by atoms with van der Waals surface area (Å²) in [5.41, 5.74) is 6.47. The molecule has 1 aliphatic rings. The van der Waals surface area contributed by atoms with Gasteiger partial charge in [0.15, 0.2) is 5.88 Å². The number of nitrogens with one attached hydrogen (secondary N) is 1. The topological polar surface area (TPSA) is 80.6 Å². The van der Waals surface area contributed by atoms with E-state index in [0.29, 0.717) is 16.3 Å². The van der Waals surface area contributed by atoms with Crippen LogP contribution in [-0.4, -0.2) is 68.8 Å². The standard InChI is InChI=1S/C29H27ClN6O/c1-35-12-14-36(15-13-35)18-19-2-6-22(7-3-19)33-28(20-4-9-24-26(16-20)32-11-10-31-24)27-23-8-5-21(30)17-25(23)34-29(27)37/h2-11,16-17,34,37H,12-15,18H2,1H3. The molecular formula is C29H27ClN6O. The molecule has 8 heteroatoms. The summed E-state index contributed by atoms with van der Waals surface area (Å²) in [4.78, 5) is 21.8. The lowest BCUT2D eigenvalue weighted by Crippen LogP contribution is -2.43. The third kappa shape index (κ3) is 4.93. The van der Waals surface area contributed by atoms with Crippen LogP contribution in [0, 0.1) is 0 Å². The van der Waals surface area contributed by atoms with Gasteiger partial charge in [-0.1, -0.05) is 35.9 Å². The summed E-state index contributed by atoms with van der Waals surface area (Å²) >= 11 is 6.21. The van der Waals surface area contributed by atoms with Crippen LogP contribution in [-0.2, 0) is 6.54 Å². The highest BCUT2D eigenvalue weighted by atomic mass is 35.5. The van der Waals surface area contributed by atoms with E-state index in [9.17, 15) is 5.11 Å². The molecule has 1 saturated heterocycles. The molecule has 0 amide bonds. The molecule has 2 N–H and O–H groups in total. The minimum Gasteiger partial charge on any atom is -0.494 e. The Hall–Kier alpha value is -3.78. The first-order chi connectivity index (χ1) is 18.0. The van der Waals surface area contributed by atoms with Crippen LogP contribution < -0.4 is 0 Å². The van der Waals surface area contributed by atoms with E-state index in [2.05, 4.69) is 43.9 Å². The quantitative estimate of drug-likeness (QED) is 0.310. The fraction of sp³-hybridized carbons (Fsp3) is 0.207. The van der Waals surface area contributed by atoms with Gasteiger partial charge < -0.3 is 15.0 Å². The summed E-state index contributed by atoms with van der Waals surface area (Å²) in [6.45, 7) is 5.28. The first-order valence-corrected chi connectivity index (χ1v) is 12.7. The zero-order chi connectivity index (χ0) is 25.4. The van der Waals surface area contributed by atoms with Crippen molar-refractivity contribution in [3.05, 3.63) is 94.8 Å². The summed E-state index contributed by atoms with van der Waals surface area (Å²) in [5, 5.41) is 12.4. The zero-order valence-corrected chi connectivity index (χ0v) is 21.3. The molecule has 1 fully saturated rings. The van der Waals surface area contributed by atoms with E-state index in [1.54, 1.807) is 18.5 Å². The van der Waals surface area contributed by atoms with Crippen LogP contribution in [0.2, 0.25) is 5.02 Å². The van der Waals surface area contributed by atoms with Crippen molar-refractivity contribution in [3.63, 3.8) is 0 Å². The Morgan fingerprint density at radius 3 is 2.49 bits per heavy atom. The molecule has 1 aliphatic heterocycles. The van der Waals surface area contributed by atoms with Crippen molar-refractivity contribution < 1.29 is 5.11 Å². The second kappa shape index (κ2) is 9.94. The molecule has 3 heterocycles. The number of aromatic nitrogens is 3. The van der Waals surface area contributed by atoms with E-state index in [1.165, 1.54) is 5.56 Å². The number of nitrogens with zero attached hydrogens (tertiary/aromatic N) is 5. The minimum atomic E-state index is 0.0435. The molecule has 0 unspecified atom stereocenters. The first-order valence-electron chi connectivity index (χ1n) is 12.3. The number of piperazine rings is 1. The zero-order valence-electron chi connectivity index (χ0n) is 20.5. The number of aliphatic imine (C=N–C) groups is 1. The SMILES string of the molecule is CN1CCN(Cc2ccc(N=C(c3ccc4nccnc4c3)c3c(O)[nH]c4cc(Cl)ccc34)cc2)CC1. The predicted molar refractivity (Wildman–Crippen MR) is 149 cm³/mol. The van der Waals surface area contributed by atoms with Gasteiger partial charge in [0.25, 0.3) is 0 Å². The largest absolute Gasteiger partial charge is 0.494 e. The molecule has 5 aromatic rings. The number of halogens is 1. The normalized spacial score (nSPS) is 15.6. The molecular weight excluding hydrogens is 484 g/mol. The fourth-order valence-electron chi connectivity index (χ4n) is 4.84. The molecule has 0 aliphatic carbocycles. The van der Waals surface area contributed by atoms with Crippen molar-refractivity contribution in [2.45, 2.75) is 6.54 Å². The number of likely N-dealkylation sites (N-methyl/N-ethyl adjacent to an activating group) is 1. The Bertz CT molecular complexity index is 1600. The minimum absolute atomic E-state index is 0.0435. The van der Waals surface area contributed by atoms with E-state index in [0.717, 1.165) is 65.9 Å². The third-order valence-electron chi connectivity index (χ3n) is 6.90. The van der Waals surface area contributed by atoms with Crippen molar-refractivity contribution in [2.75, 3.05) is 33.2 Å². The number of fused-ring (bicyclic) bond motifs is 2. The summed E-state index contributed by atoms with van der Waals surface area (Å²) in [7, 11) is 2.17. The number of hydrogen-bond donors (Lipinski definition) is 2. The second-order valence-electron chi connectivity index (χ2n) is 9.50. The summed E-state index contributed by atoms with van der Waals surface area (Å²) in [5.74, 6) is 0.0435. The number of benzene rings is 3. The smallest absolute Gasteiger partial charge is 0.199 e. The summed E-state index contributed by atoms with van der Waals surface area (Å²) in [6.07, 6.45) is 3.35. The van der Waals surface area contributed by atoms with Crippen LogP contribution in [0.5, 0.6) is 5.88 Å². The Kier molecular flexibility index (Phi) is 6.34. The van der Waals surface area contributed by atoms with Gasteiger partial charge in [-0.15, -0.1) is 0 Å². The molecule has 6 rings (SSSR count). The van der Waals surface area contributed by atoms with Gasteiger partial charge >= 0.3 is 0 Å². The lowest BCUT2D eigenvalue weighted by Gasteiger charge is -2.32. The third-order valence-corrected chi connectivity index (χ3v) is 7.13. The summed E-state index contributed by atoms with van der Waals surface area (Å²) < 4.78 is 0. The van der Waals surface area contributed by atoms with E-state index < -0.39 is 0 Å². The predicted octanol–water partition coefficient (Wildman–Crippen LogP) is 5.39. The van der Waals surface area contributed by atoms with Crippen molar-refractivity contribution in [1.29, 1.82) is 0 Å². The van der Waals surface area contributed by atoms with Crippen LogP contribution in [0.15, 0.2) is 78.0 Å². The van der Waals surface area contributed by atoms with Gasteiger partial charge in [0.2, 0.25) is 0 Å². The number of aromatic hydroxyl groups is 1. The highest BCUT2D eigenvalue weighted by Gasteiger charge is 2.20. The van der Waals surface area contributed by atoms with Gasteiger partial charge in [-0.25, -0.2) is 4.99 Å². The molecule has 7 nitrogen and oxygen atoms in total. The van der Waals surface area contributed by atoms with E-state index in [-0.39, 0.29) is 5.88 Å². The number of aromatic amines is 1. The molecule has 0 atom stereocenters. The number of rotatable bonds is 5. The van der Waals surface area contributed by atoms with Gasteiger partial charge in [-0.2, -0.15) is 0 Å². The second-order valence-corrected chi connectivity index (χ2v) is 9.94. The highest BCUT2D eigenvalue weighted by molar-refractivity contribution is 6.31. The Morgan fingerprint density at radius 2 is 1.70 bits per heavy atom. The van der Waals surface area contributed by atoms with Crippen molar-refractivity contribution in [3.8, 4) is 5.88 Å². The van der Waals surface area contributed by atoms with Crippen LogP contribution in [0.3, 0.4) is 0 Å². The van der Waals surface area contributed by atoms with Crippen molar-refractivity contribution in [1.82, 2.24) is 24.8 Å². The van der Waals surface area contributed by atoms with Gasteiger partial charge in [-0.05, 0) is 49.0 Å². The van der Waals surface area contributed by atoms with Crippen LogP contribution in [0.4, 0.5) is 5.69 Å². The van der Waals surface area contributed by atoms with Crippen molar-refractivity contribution in [2.24, 2.45) is 4.99 Å². The molecule has 0 spiro atoms. The average Bonchev–Trinajstić information content (AvgIpc) is 3.23. The number of hydrogen-bond acceptors (Lipinski definition) is 6. The Morgan fingerprint density at radius 1 is 0.946 bits per heavy atom. The Labute approximate surface area is 220 Å². The maximum absolute atomic E-state index is 11.0.